The number of nitrogens with one attached hydrogen (secondary N) is 1. The van der Waals surface area contributed by atoms with Gasteiger partial charge >= 0.3 is 0 Å². The third-order valence-electron chi connectivity index (χ3n) is 5.63. The van der Waals surface area contributed by atoms with E-state index < -0.39 is 0 Å². The number of carbonyl (C=O) groups is 2. The lowest BCUT2D eigenvalue weighted by Crippen LogP contribution is -2.49. The number of likely N-dealkylation sites (tertiary alicyclic amines) is 1. The SMILES string of the molecule is CO[C@@H]1C[C@H]2CN(Cc3cncn3CC(C)C)C[C@H]2C[C@H]1NC(C)=O.O=CO. The van der Waals surface area contributed by atoms with Crippen molar-refractivity contribution in [2.45, 2.75) is 58.8 Å². The molecule has 1 aromatic rings. The average molecular weight is 395 g/mol. The zero-order valence-corrected chi connectivity index (χ0v) is 17.4. The molecule has 3 rings (SSSR count). The number of fused-ring (bicyclic) bond motifs is 1. The van der Waals surface area contributed by atoms with Gasteiger partial charge in [0, 0.05) is 46.4 Å². The van der Waals surface area contributed by atoms with Crippen molar-refractivity contribution in [2.75, 3.05) is 20.2 Å². The van der Waals surface area contributed by atoms with Crippen molar-refractivity contribution in [1.29, 1.82) is 0 Å². The largest absolute Gasteiger partial charge is 0.483 e. The number of aromatic nitrogens is 2. The van der Waals surface area contributed by atoms with Crippen LogP contribution in [0.25, 0.3) is 0 Å². The van der Waals surface area contributed by atoms with Gasteiger partial charge in [0.05, 0.1) is 24.2 Å². The molecule has 1 amide bonds. The number of hydrogen-bond donors (Lipinski definition) is 2. The highest BCUT2D eigenvalue weighted by atomic mass is 16.5. The molecule has 1 aromatic heterocycles. The summed E-state index contributed by atoms with van der Waals surface area (Å²) in [5, 5.41) is 9.98. The first-order valence-electron chi connectivity index (χ1n) is 9.97. The first-order valence-corrected chi connectivity index (χ1v) is 9.97. The molecule has 0 radical (unpaired) electrons. The summed E-state index contributed by atoms with van der Waals surface area (Å²) in [6.45, 7) is 10.0. The molecule has 0 aromatic carbocycles. The van der Waals surface area contributed by atoms with E-state index in [4.69, 9.17) is 14.6 Å². The Morgan fingerprint density at radius 1 is 1.39 bits per heavy atom. The molecular weight excluding hydrogens is 360 g/mol. The van der Waals surface area contributed by atoms with Crippen LogP contribution < -0.4 is 5.32 Å². The summed E-state index contributed by atoms with van der Waals surface area (Å²) < 4.78 is 7.95. The van der Waals surface area contributed by atoms with Gasteiger partial charge in [0.1, 0.15) is 0 Å². The van der Waals surface area contributed by atoms with Crippen LogP contribution in [-0.4, -0.2) is 64.3 Å². The molecule has 0 bridgehead atoms. The van der Waals surface area contributed by atoms with Crippen LogP contribution in [0.5, 0.6) is 0 Å². The van der Waals surface area contributed by atoms with Crippen LogP contribution >= 0.6 is 0 Å². The summed E-state index contributed by atoms with van der Waals surface area (Å²) >= 11 is 0. The second-order valence-corrected chi connectivity index (χ2v) is 8.30. The lowest BCUT2D eigenvalue weighted by atomic mass is 9.77. The fraction of sp³-hybridized carbons (Fsp3) is 0.750. The van der Waals surface area contributed by atoms with E-state index in [9.17, 15) is 4.79 Å². The van der Waals surface area contributed by atoms with Crippen molar-refractivity contribution in [1.82, 2.24) is 19.8 Å². The van der Waals surface area contributed by atoms with E-state index in [1.54, 1.807) is 14.0 Å². The highest BCUT2D eigenvalue weighted by Gasteiger charge is 2.42. The fourth-order valence-corrected chi connectivity index (χ4v) is 4.58. The quantitative estimate of drug-likeness (QED) is 0.712. The van der Waals surface area contributed by atoms with E-state index in [2.05, 4.69) is 33.6 Å². The molecule has 28 heavy (non-hydrogen) atoms. The maximum atomic E-state index is 11.5. The van der Waals surface area contributed by atoms with Gasteiger partial charge in [-0.3, -0.25) is 14.5 Å². The molecule has 0 unspecified atom stereocenters. The minimum Gasteiger partial charge on any atom is -0.483 e. The summed E-state index contributed by atoms with van der Waals surface area (Å²) in [4.78, 5) is 26.7. The van der Waals surface area contributed by atoms with E-state index in [0.29, 0.717) is 17.8 Å². The van der Waals surface area contributed by atoms with E-state index in [-0.39, 0.29) is 24.5 Å². The Labute approximate surface area is 167 Å². The van der Waals surface area contributed by atoms with Gasteiger partial charge in [-0.2, -0.15) is 0 Å². The smallest absolute Gasteiger partial charge is 0.290 e. The van der Waals surface area contributed by atoms with Crippen molar-refractivity contribution >= 4 is 12.4 Å². The van der Waals surface area contributed by atoms with Crippen LogP contribution in [-0.2, 0) is 27.4 Å². The number of carboxylic acid groups (broad SMARTS) is 1. The number of nitrogens with zero attached hydrogens (tertiary/aromatic N) is 3. The van der Waals surface area contributed by atoms with E-state index in [1.165, 1.54) is 5.69 Å². The number of ether oxygens (including phenoxy) is 1. The fourth-order valence-electron chi connectivity index (χ4n) is 4.58. The summed E-state index contributed by atoms with van der Waals surface area (Å²) in [7, 11) is 1.76. The molecule has 8 nitrogen and oxygen atoms in total. The van der Waals surface area contributed by atoms with Gasteiger partial charge in [0.2, 0.25) is 5.91 Å². The molecule has 2 fully saturated rings. The summed E-state index contributed by atoms with van der Waals surface area (Å²) in [5.41, 5.74) is 1.30. The van der Waals surface area contributed by atoms with Crippen molar-refractivity contribution in [2.24, 2.45) is 17.8 Å². The summed E-state index contributed by atoms with van der Waals surface area (Å²) in [6.07, 6.45) is 6.14. The van der Waals surface area contributed by atoms with Gasteiger partial charge in [-0.05, 0) is 30.6 Å². The van der Waals surface area contributed by atoms with Crippen LogP contribution in [0, 0.1) is 17.8 Å². The monoisotopic (exact) mass is 394 g/mol. The third-order valence-corrected chi connectivity index (χ3v) is 5.63. The second kappa shape index (κ2) is 10.6. The molecule has 2 aliphatic rings. The molecule has 0 spiro atoms. The normalized spacial score (nSPS) is 27.0. The maximum Gasteiger partial charge on any atom is 0.290 e. The van der Waals surface area contributed by atoms with E-state index >= 15 is 0 Å². The highest BCUT2D eigenvalue weighted by molar-refractivity contribution is 5.73. The average Bonchev–Trinajstić information content (AvgIpc) is 3.20. The number of amides is 1. The van der Waals surface area contributed by atoms with Gasteiger partial charge in [-0.1, -0.05) is 13.8 Å². The predicted molar refractivity (Wildman–Crippen MR) is 106 cm³/mol. The molecule has 8 heteroatoms. The Kier molecular flexibility index (Phi) is 8.44. The number of imidazole rings is 1. The minimum atomic E-state index is -0.250. The van der Waals surface area contributed by atoms with Crippen LogP contribution in [0.4, 0.5) is 0 Å². The van der Waals surface area contributed by atoms with Crippen LogP contribution in [0.3, 0.4) is 0 Å². The first-order chi connectivity index (χ1) is 13.4. The minimum absolute atomic E-state index is 0.0398. The Morgan fingerprint density at radius 2 is 2.04 bits per heavy atom. The molecule has 1 saturated carbocycles. The Balaban J connectivity index is 0.000000878. The lowest BCUT2D eigenvalue weighted by Gasteiger charge is -2.37. The van der Waals surface area contributed by atoms with Crippen molar-refractivity contribution in [3.05, 3.63) is 18.2 Å². The van der Waals surface area contributed by atoms with E-state index in [1.807, 2.05) is 12.5 Å². The molecule has 1 aliphatic carbocycles. The lowest BCUT2D eigenvalue weighted by molar-refractivity contribution is -0.123. The standard InChI is InChI=1S/C19H32N4O2.CH2O2/c1-13(2)8-23-12-20-7-17(23)11-22-9-15-5-18(21-14(3)24)19(25-4)6-16(15)10-22;2-1-3/h7,12-13,15-16,18-19H,5-6,8-11H2,1-4H3,(H,21,24);1H,(H,2,3)/t15-,16+,18-,19-;/m1./s1. The predicted octanol–water partition coefficient (Wildman–Crippen LogP) is 1.60. The van der Waals surface area contributed by atoms with Crippen LogP contribution in [0.1, 0.15) is 39.3 Å². The maximum absolute atomic E-state index is 11.5. The Morgan fingerprint density at radius 3 is 2.61 bits per heavy atom. The molecule has 2 N–H and O–H groups in total. The van der Waals surface area contributed by atoms with Crippen molar-refractivity contribution in [3.8, 4) is 0 Å². The van der Waals surface area contributed by atoms with Crippen molar-refractivity contribution in [3.63, 3.8) is 0 Å². The molecule has 4 atom stereocenters. The molecule has 1 saturated heterocycles. The number of carbonyl (C=O) groups excluding carboxylic acids is 1. The van der Waals surface area contributed by atoms with Gasteiger partial charge in [0.15, 0.2) is 0 Å². The molecule has 2 heterocycles. The Bertz CT molecular complexity index is 633. The topological polar surface area (TPSA) is 96.7 Å². The zero-order valence-electron chi connectivity index (χ0n) is 17.4. The van der Waals surface area contributed by atoms with Gasteiger partial charge in [-0.15, -0.1) is 0 Å². The van der Waals surface area contributed by atoms with Crippen LogP contribution in [0.15, 0.2) is 12.5 Å². The number of hydrogen-bond acceptors (Lipinski definition) is 5. The van der Waals surface area contributed by atoms with E-state index in [0.717, 1.165) is 39.0 Å². The first kappa shape index (κ1) is 22.4. The van der Waals surface area contributed by atoms with Gasteiger partial charge in [0.25, 0.3) is 6.47 Å². The van der Waals surface area contributed by atoms with Crippen molar-refractivity contribution < 1.29 is 19.4 Å². The summed E-state index contributed by atoms with van der Waals surface area (Å²) in [5.74, 6) is 1.97. The second-order valence-electron chi connectivity index (χ2n) is 8.30. The van der Waals surface area contributed by atoms with Gasteiger partial charge in [-0.25, -0.2) is 4.98 Å². The Hall–Kier alpha value is -1.93. The summed E-state index contributed by atoms with van der Waals surface area (Å²) in [6, 6.07) is 0.148. The zero-order chi connectivity index (χ0) is 20.7. The molecule has 1 aliphatic heterocycles. The molecule has 158 valence electrons. The molecular formula is C20H34N4O4. The number of rotatable bonds is 6. The number of methoxy groups -OCH3 is 1. The van der Waals surface area contributed by atoms with Gasteiger partial charge < -0.3 is 19.7 Å². The third kappa shape index (κ3) is 6.04. The highest BCUT2D eigenvalue weighted by Crippen LogP contribution is 2.38. The van der Waals surface area contributed by atoms with Crippen LogP contribution in [0.2, 0.25) is 0 Å².